The molecule has 3 rings (SSSR count). The lowest BCUT2D eigenvalue weighted by Gasteiger charge is -2.07. The third kappa shape index (κ3) is 3.24. The monoisotopic (exact) mass is 366 g/mol. The van der Waals surface area contributed by atoms with Crippen LogP contribution < -0.4 is 5.32 Å². The van der Waals surface area contributed by atoms with E-state index in [9.17, 15) is 14.9 Å². The van der Waals surface area contributed by atoms with Gasteiger partial charge in [0.1, 0.15) is 4.83 Å². The summed E-state index contributed by atoms with van der Waals surface area (Å²) in [6.07, 6.45) is 0.743. The van der Waals surface area contributed by atoms with Crippen molar-refractivity contribution in [3.63, 3.8) is 0 Å². The average molecular weight is 366 g/mol. The van der Waals surface area contributed by atoms with E-state index in [4.69, 9.17) is 0 Å². The van der Waals surface area contributed by atoms with Gasteiger partial charge in [-0.25, -0.2) is 4.68 Å². The number of para-hydroxylation sites is 1. The smallest absolute Gasteiger partial charge is 0.245 e. The fourth-order valence-corrected chi connectivity index (χ4v) is 3.79. The third-order valence-electron chi connectivity index (χ3n) is 3.99. The second-order valence-electron chi connectivity index (χ2n) is 5.88. The van der Waals surface area contributed by atoms with Gasteiger partial charge in [0.25, 0.3) is 0 Å². The highest BCUT2D eigenvalue weighted by Gasteiger charge is 2.29. The lowest BCUT2D eigenvalue weighted by molar-refractivity contribution is -0.122. The van der Waals surface area contributed by atoms with Gasteiger partial charge in [0.2, 0.25) is 5.91 Å². The van der Waals surface area contributed by atoms with Crippen LogP contribution >= 0.6 is 11.3 Å². The Morgan fingerprint density at radius 3 is 2.73 bits per heavy atom. The van der Waals surface area contributed by atoms with E-state index in [-0.39, 0.29) is 0 Å². The van der Waals surface area contributed by atoms with Gasteiger partial charge in [-0.1, -0.05) is 25.1 Å². The Labute approximate surface area is 155 Å². The Hall–Kier alpha value is -2.98. The number of Topliss-reactive ketones (excluding diaryl/α,β-unsaturated/α-hetero) is 1. The van der Waals surface area contributed by atoms with Gasteiger partial charge in [0, 0.05) is 11.9 Å². The van der Waals surface area contributed by atoms with Crippen LogP contribution in [0.25, 0.3) is 15.9 Å². The second kappa shape index (κ2) is 7.50. The van der Waals surface area contributed by atoms with Crippen molar-refractivity contribution < 1.29 is 9.59 Å². The molecule has 1 amide bonds. The van der Waals surface area contributed by atoms with Crippen molar-refractivity contribution in [2.45, 2.75) is 20.3 Å². The summed E-state index contributed by atoms with van der Waals surface area (Å²) in [6.45, 7) is 4.23. The molecule has 26 heavy (non-hydrogen) atoms. The molecular weight excluding hydrogens is 348 g/mol. The molecule has 0 saturated heterocycles. The maximum atomic E-state index is 12.7. The number of hydrogen-bond donors (Lipinski definition) is 1. The molecule has 2 aromatic heterocycles. The molecule has 0 spiro atoms. The maximum absolute atomic E-state index is 12.7. The first-order valence-corrected chi connectivity index (χ1v) is 9.14. The molecule has 0 bridgehead atoms. The van der Waals surface area contributed by atoms with E-state index in [1.54, 1.807) is 10.7 Å². The third-order valence-corrected chi connectivity index (χ3v) is 5.12. The number of amides is 1. The predicted molar refractivity (Wildman–Crippen MR) is 100 cm³/mol. The standard InChI is InChI=1S/C19H18N4O2S/c1-3-9-21-18(25)15(11-20)17(24)16-10-14-12(2)22-23(19(14)26-16)13-7-5-4-6-8-13/h4-8,10,15H,3,9H2,1-2H3,(H,21,25). The van der Waals surface area contributed by atoms with Crippen LogP contribution in [-0.4, -0.2) is 28.0 Å². The summed E-state index contributed by atoms with van der Waals surface area (Å²) in [6, 6.07) is 13.2. The van der Waals surface area contributed by atoms with Crippen molar-refractivity contribution in [1.29, 1.82) is 5.26 Å². The first kappa shape index (κ1) is 17.8. The lowest BCUT2D eigenvalue weighted by atomic mass is 10.0. The highest BCUT2D eigenvalue weighted by atomic mass is 32.1. The number of nitrogens with one attached hydrogen (secondary N) is 1. The van der Waals surface area contributed by atoms with Gasteiger partial charge in [-0.05, 0) is 31.5 Å². The molecular formula is C19H18N4O2S. The molecule has 1 N–H and O–H groups in total. The maximum Gasteiger partial charge on any atom is 0.245 e. The molecule has 2 heterocycles. The molecule has 0 aliphatic heterocycles. The number of rotatable bonds is 6. The van der Waals surface area contributed by atoms with E-state index in [0.29, 0.717) is 11.4 Å². The number of nitriles is 1. The molecule has 3 aromatic rings. The first-order chi connectivity index (χ1) is 12.6. The average Bonchev–Trinajstić information content (AvgIpc) is 3.22. The molecule has 0 aliphatic carbocycles. The summed E-state index contributed by atoms with van der Waals surface area (Å²) in [5, 5.41) is 17.3. The minimum atomic E-state index is -1.33. The van der Waals surface area contributed by atoms with Gasteiger partial charge in [-0.2, -0.15) is 10.4 Å². The molecule has 0 saturated carbocycles. The number of fused-ring (bicyclic) bond motifs is 1. The van der Waals surface area contributed by atoms with E-state index in [1.165, 1.54) is 11.3 Å². The fourth-order valence-electron chi connectivity index (χ4n) is 2.64. The van der Waals surface area contributed by atoms with E-state index in [2.05, 4.69) is 10.4 Å². The zero-order chi connectivity index (χ0) is 18.7. The second-order valence-corrected chi connectivity index (χ2v) is 6.91. The van der Waals surface area contributed by atoms with E-state index in [1.807, 2.05) is 50.2 Å². The number of carbonyl (C=O) groups excluding carboxylic acids is 2. The zero-order valence-corrected chi connectivity index (χ0v) is 15.3. The summed E-state index contributed by atoms with van der Waals surface area (Å²) >= 11 is 1.25. The van der Waals surface area contributed by atoms with Gasteiger partial charge in [-0.15, -0.1) is 11.3 Å². The molecule has 1 atom stereocenters. The number of benzene rings is 1. The summed E-state index contributed by atoms with van der Waals surface area (Å²) in [5.74, 6) is -2.35. The largest absolute Gasteiger partial charge is 0.355 e. The molecule has 0 aliphatic rings. The summed E-state index contributed by atoms with van der Waals surface area (Å²) in [4.78, 5) is 26.0. The lowest BCUT2D eigenvalue weighted by Crippen LogP contribution is -2.34. The number of carbonyl (C=O) groups is 2. The van der Waals surface area contributed by atoms with Gasteiger partial charge in [-0.3, -0.25) is 9.59 Å². The molecule has 132 valence electrons. The van der Waals surface area contributed by atoms with Crippen LogP contribution in [0, 0.1) is 24.2 Å². The van der Waals surface area contributed by atoms with Crippen LogP contribution in [0.1, 0.15) is 28.7 Å². The number of aryl methyl sites for hydroxylation is 1. The number of ketones is 1. The molecule has 7 heteroatoms. The van der Waals surface area contributed by atoms with Crippen molar-refractivity contribution in [1.82, 2.24) is 15.1 Å². The van der Waals surface area contributed by atoms with Crippen LogP contribution in [0.2, 0.25) is 0 Å². The van der Waals surface area contributed by atoms with Crippen molar-refractivity contribution >= 4 is 33.2 Å². The van der Waals surface area contributed by atoms with Crippen LogP contribution in [0.15, 0.2) is 36.4 Å². The van der Waals surface area contributed by atoms with E-state index in [0.717, 1.165) is 28.0 Å². The fraction of sp³-hybridized carbons (Fsp3) is 0.263. The van der Waals surface area contributed by atoms with Crippen LogP contribution in [0.3, 0.4) is 0 Å². The highest BCUT2D eigenvalue weighted by Crippen LogP contribution is 2.31. The SMILES string of the molecule is CCCNC(=O)C(C#N)C(=O)c1cc2c(C)nn(-c3ccccc3)c2s1. The minimum absolute atomic E-state index is 0.392. The van der Waals surface area contributed by atoms with Gasteiger partial charge in [0.05, 0.1) is 22.3 Å². The van der Waals surface area contributed by atoms with Gasteiger partial charge in [0.15, 0.2) is 11.7 Å². The Kier molecular flexibility index (Phi) is 5.14. The number of thiophene rings is 1. The topological polar surface area (TPSA) is 87.8 Å². The summed E-state index contributed by atoms with van der Waals surface area (Å²) < 4.78 is 1.78. The molecule has 6 nitrogen and oxygen atoms in total. The Morgan fingerprint density at radius 1 is 1.35 bits per heavy atom. The first-order valence-electron chi connectivity index (χ1n) is 8.33. The Balaban J connectivity index is 1.98. The van der Waals surface area contributed by atoms with Gasteiger partial charge < -0.3 is 5.32 Å². The minimum Gasteiger partial charge on any atom is -0.355 e. The van der Waals surface area contributed by atoms with E-state index < -0.39 is 17.6 Å². The number of nitrogens with zero attached hydrogens (tertiary/aromatic N) is 3. The van der Waals surface area contributed by atoms with E-state index >= 15 is 0 Å². The molecule has 0 radical (unpaired) electrons. The highest BCUT2D eigenvalue weighted by molar-refractivity contribution is 7.20. The number of aromatic nitrogens is 2. The number of hydrogen-bond acceptors (Lipinski definition) is 5. The van der Waals surface area contributed by atoms with Gasteiger partial charge >= 0.3 is 0 Å². The van der Waals surface area contributed by atoms with Crippen LogP contribution in [-0.2, 0) is 4.79 Å². The summed E-state index contributed by atoms with van der Waals surface area (Å²) in [5.41, 5.74) is 1.69. The quantitative estimate of drug-likeness (QED) is 0.536. The zero-order valence-electron chi connectivity index (χ0n) is 14.5. The van der Waals surface area contributed by atoms with Crippen molar-refractivity contribution in [2.75, 3.05) is 6.54 Å². The van der Waals surface area contributed by atoms with Crippen LogP contribution in [0.5, 0.6) is 0 Å². The Morgan fingerprint density at radius 2 is 2.08 bits per heavy atom. The molecule has 0 fully saturated rings. The molecule has 1 unspecified atom stereocenters. The van der Waals surface area contributed by atoms with Crippen molar-refractivity contribution in [3.05, 3.63) is 47.0 Å². The normalized spacial score (nSPS) is 11.9. The Bertz CT molecular complexity index is 998. The summed E-state index contributed by atoms with van der Waals surface area (Å²) in [7, 11) is 0. The van der Waals surface area contributed by atoms with Crippen LogP contribution in [0.4, 0.5) is 0 Å². The van der Waals surface area contributed by atoms with Crippen molar-refractivity contribution in [3.8, 4) is 11.8 Å². The van der Waals surface area contributed by atoms with Crippen molar-refractivity contribution in [2.24, 2.45) is 5.92 Å². The molecule has 1 aromatic carbocycles. The predicted octanol–water partition coefficient (Wildman–Crippen LogP) is 3.24.